The molecule has 0 spiro atoms. The van der Waals surface area contributed by atoms with Crippen LogP contribution in [0, 0.1) is 11.8 Å². The van der Waals surface area contributed by atoms with Crippen LogP contribution >= 0.6 is 0 Å². The average molecular weight is 241 g/mol. The van der Waals surface area contributed by atoms with Gasteiger partial charge in [0.05, 0.1) is 24.3 Å². The van der Waals surface area contributed by atoms with E-state index in [2.05, 4.69) is 28.6 Å². The molecule has 3 heteroatoms. The van der Waals surface area contributed by atoms with Crippen molar-refractivity contribution < 1.29 is 0 Å². The maximum absolute atomic E-state index is 6.33. The summed E-state index contributed by atoms with van der Waals surface area (Å²) in [5.74, 6) is 1.66. The van der Waals surface area contributed by atoms with E-state index in [1.165, 1.54) is 6.42 Å². The number of imidazole rings is 1. The second-order valence-electron chi connectivity index (χ2n) is 5.33. The van der Waals surface area contributed by atoms with E-state index in [1.54, 1.807) is 0 Å². The predicted octanol–water partition coefficient (Wildman–Crippen LogP) is 2.59. The molecule has 3 unspecified atom stereocenters. The van der Waals surface area contributed by atoms with Crippen LogP contribution in [0.2, 0.25) is 0 Å². The Kier molecular flexibility index (Phi) is 2.92. The van der Waals surface area contributed by atoms with Crippen LogP contribution in [0.1, 0.15) is 30.6 Å². The Morgan fingerprint density at radius 1 is 1.39 bits per heavy atom. The van der Waals surface area contributed by atoms with Gasteiger partial charge in [-0.2, -0.15) is 0 Å². The van der Waals surface area contributed by atoms with Crippen molar-refractivity contribution in [2.45, 2.75) is 25.9 Å². The van der Waals surface area contributed by atoms with Crippen LogP contribution in [0.5, 0.6) is 0 Å². The molecule has 3 nitrogen and oxygen atoms in total. The smallest absolute Gasteiger partial charge is 0.0948 e. The minimum absolute atomic E-state index is 0.0808. The zero-order valence-corrected chi connectivity index (χ0v) is 10.7. The summed E-state index contributed by atoms with van der Waals surface area (Å²) in [5.41, 5.74) is 8.58. The Balaban J connectivity index is 1.81. The van der Waals surface area contributed by atoms with Gasteiger partial charge in [-0.05, 0) is 23.8 Å². The first kappa shape index (κ1) is 11.5. The molecule has 1 aliphatic carbocycles. The van der Waals surface area contributed by atoms with E-state index >= 15 is 0 Å². The third-order valence-electron chi connectivity index (χ3n) is 3.93. The standard InChI is InChI=1S/C15H19N3/c1-11-7-13(11)9-18-10-17-8-14(18)15(16)12-5-3-2-4-6-12/h2-6,8,10-11,13,15H,7,9,16H2,1H3. The minimum atomic E-state index is -0.0808. The number of rotatable bonds is 4. The van der Waals surface area contributed by atoms with Crippen LogP contribution in [0.4, 0.5) is 0 Å². The summed E-state index contributed by atoms with van der Waals surface area (Å²) in [6, 6.07) is 10.1. The molecule has 1 fully saturated rings. The highest BCUT2D eigenvalue weighted by molar-refractivity contribution is 5.26. The van der Waals surface area contributed by atoms with Crippen LogP contribution in [-0.2, 0) is 6.54 Å². The van der Waals surface area contributed by atoms with E-state index in [1.807, 2.05) is 30.7 Å². The summed E-state index contributed by atoms with van der Waals surface area (Å²) in [5, 5.41) is 0. The number of hydrogen-bond acceptors (Lipinski definition) is 2. The van der Waals surface area contributed by atoms with Gasteiger partial charge >= 0.3 is 0 Å². The van der Waals surface area contributed by atoms with Crippen LogP contribution in [0.25, 0.3) is 0 Å². The molecule has 0 radical (unpaired) electrons. The SMILES string of the molecule is CC1CC1Cn1cncc1C(N)c1ccccc1. The number of benzene rings is 1. The van der Waals surface area contributed by atoms with Crippen LogP contribution < -0.4 is 5.73 Å². The van der Waals surface area contributed by atoms with Crippen molar-refractivity contribution in [3.05, 3.63) is 54.1 Å². The molecule has 0 bridgehead atoms. The second-order valence-corrected chi connectivity index (χ2v) is 5.33. The monoisotopic (exact) mass is 241 g/mol. The van der Waals surface area contributed by atoms with Gasteiger partial charge < -0.3 is 10.3 Å². The Morgan fingerprint density at radius 3 is 2.78 bits per heavy atom. The van der Waals surface area contributed by atoms with E-state index in [0.717, 1.165) is 29.6 Å². The van der Waals surface area contributed by atoms with Crippen molar-refractivity contribution in [1.29, 1.82) is 0 Å². The maximum Gasteiger partial charge on any atom is 0.0948 e. The van der Waals surface area contributed by atoms with Gasteiger partial charge in [0.2, 0.25) is 0 Å². The van der Waals surface area contributed by atoms with Gasteiger partial charge in [-0.25, -0.2) is 4.98 Å². The summed E-state index contributed by atoms with van der Waals surface area (Å²) < 4.78 is 2.21. The normalized spacial score (nSPS) is 23.9. The zero-order valence-electron chi connectivity index (χ0n) is 10.7. The van der Waals surface area contributed by atoms with Gasteiger partial charge in [0.15, 0.2) is 0 Å². The van der Waals surface area contributed by atoms with Crippen molar-refractivity contribution in [3.63, 3.8) is 0 Å². The Morgan fingerprint density at radius 2 is 2.11 bits per heavy atom. The molecule has 3 atom stereocenters. The molecule has 0 aliphatic heterocycles. The van der Waals surface area contributed by atoms with Crippen molar-refractivity contribution in [2.75, 3.05) is 0 Å². The van der Waals surface area contributed by atoms with Gasteiger partial charge in [-0.1, -0.05) is 37.3 Å². The highest BCUT2D eigenvalue weighted by Gasteiger charge is 2.33. The van der Waals surface area contributed by atoms with E-state index in [4.69, 9.17) is 5.73 Å². The lowest BCUT2D eigenvalue weighted by molar-refractivity contribution is 0.562. The maximum atomic E-state index is 6.33. The minimum Gasteiger partial charge on any atom is -0.333 e. The summed E-state index contributed by atoms with van der Waals surface area (Å²) in [7, 11) is 0. The van der Waals surface area contributed by atoms with Crippen molar-refractivity contribution in [1.82, 2.24) is 9.55 Å². The van der Waals surface area contributed by atoms with E-state index in [9.17, 15) is 0 Å². The van der Waals surface area contributed by atoms with Crippen molar-refractivity contribution in [3.8, 4) is 0 Å². The summed E-state index contributed by atoms with van der Waals surface area (Å²) in [6.45, 7) is 3.36. The van der Waals surface area contributed by atoms with Crippen molar-refractivity contribution >= 4 is 0 Å². The molecule has 2 N–H and O–H groups in total. The largest absolute Gasteiger partial charge is 0.333 e. The van der Waals surface area contributed by atoms with Gasteiger partial charge in [0, 0.05) is 6.54 Å². The molecule has 0 saturated heterocycles. The van der Waals surface area contributed by atoms with Gasteiger partial charge in [-0.15, -0.1) is 0 Å². The Labute approximate surface area is 108 Å². The molecule has 1 aliphatic rings. The lowest BCUT2D eigenvalue weighted by Gasteiger charge is -2.15. The van der Waals surface area contributed by atoms with E-state index in [0.29, 0.717) is 0 Å². The van der Waals surface area contributed by atoms with Crippen LogP contribution in [0.3, 0.4) is 0 Å². The van der Waals surface area contributed by atoms with Gasteiger partial charge in [0.1, 0.15) is 0 Å². The third-order valence-corrected chi connectivity index (χ3v) is 3.93. The molecule has 1 saturated carbocycles. The molecular weight excluding hydrogens is 222 g/mol. The van der Waals surface area contributed by atoms with Crippen LogP contribution in [-0.4, -0.2) is 9.55 Å². The van der Waals surface area contributed by atoms with E-state index < -0.39 is 0 Å². The third kappa shape index (κ3) is 2.18. The Hall–Kier alpha value is -1.61. The molecule has 1 aromatic heterocycles. The lowest BCUT2D eigenvalue weighted by atomic mass is 10.1. The number of nitrogens with two attached hydrogens (primary N) is 1. The predicted molar refractivity (Wildman–Crippen MR) is 72.0 cm³/mol. The molecule has 94 valence electrons. The zero-order chi connectivity index (χ0) is 12.5. The summed E-state index contributed by atoms with van der Waals surface area (Å²) in [4.78, 5) is 4.26. The van der Waals surface area contributed by atoms with Gasteiger partial charge in [-0.3, -0.25) is 0 Å². The molecule has 18 heavy (non-hydrogen) atoms. The fraction of sp³-hybridized carbons (Fsp3) is 0.400. The second kappa shape index (κ2) is 4.58. The molecule has 0 amide bonds. The lowest BCUT2D eigenvalue weighted by Crippen LogP contribution is -2.17. The summed E-state index contributed by atoms with van der Waals surface area (Å²) in [6.07, 6.45) is 5.13. The first-order valence-corrected chi connectivity index (χ1v) is 6.56. The fourth-order valence-corrected chi connectivity index (χ4v) is 2.48. The Bertz CT molecular complexity index is 518. The highest BCUT2D eigenvalue weighted by Crippen LogP contribution is 2.39. The number of hydrogen-bond donors (Lipinski definition) is 1. The number of aromatic nitrogens is 2. The molecule has 1 aromatic carbocycles. The first-order chi connectivity index (χ1) is 8.75. The highest BCUT2D eigenvalue weighted by atomic mass is 15.1. The molecular formula is C15H19N3. The topological polar surface area (TPSA) is 43.8 Å². The molecule has 1 heterocycles. The quantitative estimate of drug-likeness (QED) is 0.894. The molecule has 3 rings (SSSR count). The molecule has 2 aromatic rings. The van der Waals surface area contributed by atoms with E-state index in [-0.39, 0.29) is 6.04 Å². The fourth-order valence-electron chi connectivity index (χ4n) is 2.48. The average Bonchev–Trinajstić information content (AvgIpc) is 2.91. The number of nitrogens with zero attached hydrogens (tertiary/aromatic N) is 2. The van der Waals surface area contributed by atoms with Crippen molar-refractivity contribution in [2.24, 2.45) is 17.6 Å². The summed E-state index contributed by atoms with van der Waals surface area (Å²) >= 11 is 0. The van der Waals surface area contributed by atoms with Gasteiger partial charge in [0.25, 0.3) is 0 Å². The van der Waals surface area contributed by atoms with Crippen LogP contribution in [0.15, 0.2) is 42.9 Å². The first-order valence-electron chi connectivity index (χ1n) is 6.56.